The van der Waals surface area contributed by atoms with Crippen molar-refractivity contribution in [3.05, 3.63) is 23.5 Å². The Morgan fingerprint density at radius 1 is 1.37 bits per heavy atom. The van der Waals surface area contributed by atoms with E-state index in [0.29, 0.717) is 18.4 Å². The van der Waals surface area contributed by atoms with Crippen LogP contribution < -0.4 is 0 Å². The maximum Gasteiger partial charge on any atom is 0.391 e. The monoisotopic (exact) mass is 273 g/mol. The fraction of sp³-hybridized carbons (Fsp3) is 0.643. The molecule has 0 amide bonds. The summed E-state index contributed by atoms with van der Waals surface area (Å²) in [4.78, 5) is 12.0. The number of nitrogens with zero attached hydrogens (tertiary/aromatic N) is 1. The lowest BCUT2D eigenvalue weighted by Gasteiger charge is -2.31. The number of ketones is 1. The number of carbonyl (C=O) groups is 1. The number of Topliss-reactive ketones (excluding diaryl/α,β-unsaturated/α-hetero) is 1. The second-order valence-electron chi connectivity index (χ2n) is 6.19. The average Bonchev–Trinajstić information content (AvgIpc) is 2.56. The Morgan fingerprint density at radius 3 is 2.58 bits per heavy atom. The third-order valence-electron chi connectivity index (χ3n) is 3.61. The lowest BCUT2D eigenvalue weighted by molar-refractivity contribution is -0.141. The third-order valence-corrected chi connectivity index (χ3v) is 3.61. The Morgan fingerprint density at radius 2 is 2.00 bits per heavy atom. The molecule has 1 atom stereocenters. The zero-order valence-electron chi connectivity index (χ0n) is 11.3. The minimum Gasteiger partial charge on any atom is -0.348 e. The van der Waals surface area contributed by atoms with Gasteiger partial charge in [0.1, 0.15) is 0 Å². The molecule has 0 fully saturated rings. The van der Waals surface area contributed by atoms with Crippen molar-refractivity contribution in [3.63, 3.8) is 0 Å². The first-order valence-corrected chi connectivity index (χ1v) is 6.39. The van der Waals surface area contributed by atoms with Gasteiger partial charge in [-0.1, -0.05) is 13.8 Å². The van der Waals surface area contributed by atoms with Crippen molar-refractivity contribution < 1.29 is 18.0 Å². The van der Waals surface area contributed by atoms with Crippen molar-refractivity contribution in [2.24, 2.45) is 5.41 Å². The molecule has 0 spiro atoms. The molecule has 0 saturated heterocycles. The first kappa shape index (κ1) is 14.2. The number of fused-ring (bicyclic) bond motifs is 1. The molecule has 19 heavy (non-hydrogen) atoms. The molecule has 1 aromatic heterocycles. The first-order chi connectivity index (χ1) is 8.59. The van der Waals surface area contributed by atoms with Crippen LogP contribution in [0.1, 0.15) is 55.7 Å². The molecule has 5 heteroatoms. The van der Waals surface area contributed by atoms with Crippen molar-refractivity contribution >= 4 is 5.78 Å². The van der Waals surface area contributed by atoms with Gasteiger partial charge >= 0.3 is 6.18 Å². The van der Waals surface area contributed by atoms with Crippen LogP contribution in [0.3, 0.4) is 0 Å². The number of rotatable bonds is 2. The molecule has 106 valence electrons. The highest BCUT2D eigenvalue weighted by Crippen LogP contribution is 2.37. The summed E-state index contributed by atoms with van der Waals surface area (Å²) in [5.41, 5.74) is 1.16. The molecule has 2 rings (SSSR count). The zero-order chi connectivity index (χ0) is 14.4. The topological polar surface area (TPSA) is 22.0 Å². The van der Waals surface area contributed by atoms with Gasteiger partial charge in [-0.2, -0.15) is 13.2 Å². The summed E-state index contributed by atoms with van der Waals surface area (Å²) in [6.45, 7) is 5.49. The van der Waals surface area contributed by atoms with Gasteiger partial charge in [-0.25, -0.2) is 0 Å². The smallest absolute Gasteiger partial charge is 0.348 e. The van der Waals surface area contributed by atoms with Crippen molar-refractivity contribution in [1.82, 2.24) is 4.57 Å². The molecule has 1 aromatic rings. The minimum absolute atomic E-state index is 0.0317. The highest BCUT2D eigenvalue weighted by Gasteiger charge is 2.36. The highest BCUT2D eigenvalue weighted by molar-refractivity contribution is 5.98. The van der Waals surface area contributed by atoms with Gasteiger partial charge in [0.15, 0.2) is 5.78 Å². The summed E-state index contributed by atoms with van der Waals surface area (Å²) >= 11 is 0. The number of hydrogen-bond donors (Lipinski definition) is 0. The molecule has 1 aliphatic rings. The molecule has 0 radical (unpaired) electrons. The molecule has 1 aliphatic carbocycles. The number of carbonyl (C=O) groups excluding carboxylic acids is 1. The van der Waals surface area contributed by atoms with Crippen LogP contribution in [0.15, 0.2) is 12.3 Å². The minimum atomic E-state index is -4.19. The maximum absolute atomic E-state index is 12.5. The van der Waals surface area contributed by atoms with E-state index in [1.54, 1.807) is 23.8 Å². The van der Waals surface area contributed by atoms with E-state index in [1.165, 1.54) is 0 Å². The Kier molecular flexibility index (Phi) is 3.27. The lowest BCUT2D eigenvalue weighted by atomic mass is 9.76. The van der Waals surface area contributed by atoms with Gasteiger partial charge in [0, 0.05) is 29.9 Å². The summed E-state index contributed by atoms with van der Waals surface area (Å²) < 4.78 is 39.0. The molecule has 1 heterocycles. The average molecular weight is 273 g/mol. The van der Waals surface area contributed by atoms with Gasteiger partial charge in [0.2, 0.25) is 0 Å². The van der Waals surface area contributed by atoms with E-state index in [-0.39, 0.29) is 11.2 Å². The molecule has 1 unspecified atom stereocenters. The SMILES string of the molecule is CC(CC(F)(F)F)n1ccc2c1CC(C)(C)CC2=O. The Hall–Kier alpha value is -1.26. The Labute approximate surface area is 110 Å². The van der Waals surface area contributed by atoms with Crippen LogP contribution in [0.4, 0.5) is 13.2 Å². The summed E-state index contributed by atoms with van der Waals surface area (Å²) in [5.74, 6) is 0.0317. The molecule has 0 N–H and O–H groups in total. The normalized spacial score (nSPS) is 20.2. The predicted molar refractivity (Wildman–Crippen MR) is 66.2 cm³/mol. The van der Waals surface area contributed by atoms with Gasteiger partial charge in [0.25, 0.3) is 0 Å². The predicted octanol–water partition coefficient (Wildman–Crippen LogP) is 4.16. The molecular weight excluding hydrogens is 255 g/mol. The van der Waals surface area contributed by atoms with E-state index in [0.717, 1.165) is 5.69 Å². The van der Waals surface area contributed by atoms with Gasteiger partial charge in [-0.15, -0.1) is 0 Å². The van der Waals surface area contributed by atoms with E-state index >= 15 is 0 Å². The molecule has 0 saturated carbocycles. The molecule has 0 bridgehead atoms. The zero-order valence-corrected chi connectivity index (χ0v) is 11.3. The third kappa shape index (κ3) is 3.01. The number of alkyl halides is 3. The van der Waals surface area contributed by atoms with Crippen LogP contribution in [0.25, 0.3) is 0 Å². The van der Waals surface area contributed by atoms with Gasteiger partial charge in [-0.05, 0) is 24.8 Å². The molecular formula is C14H18F3NO. The number of halogens is 3. The summed E-state index contributed by atoms with van der Waals surface area (Å²) in [7, 11) is 0. The van der Waals surface area contributed by atoms with Gasteiger partial charge < -0.3 is 4.57 Å². The van der Waals surface area contributed by atoms with Crippen molar-refractivity contribution in [1.29, 1.82) is 0 Å². The summed E-state index contributed by atoms with van der Waals surface area (Å²) in [6.07, 6.45) is -2.35. The molecule has 0 aliphatic heterocycles. The van der Waals surface area contributed by atoms with Crippen LogP contribution in [0.5, 0.6) is 0 Å². The van der Waals surface area contributed by atoms with Gasteiger partial charge in [-0.3, -0.25) is 4.79 Å². The van der Waals surface area contributed by atoms with E-state index in [1.807, 2.05) is 13.8 Å². The summed E-state index contributed by atoms with van der Waals surface area (Å²) in [5, 5.41) is 0. The maximum atomic E-state index is 12.5. The van der Waals surface area contributed by atoms with Crippen LogP contribution in [-0.2, 0) is 6.42 Å². The van der Waals surface area contributed by atoms with Crippen molar-refractivity contribution in [2.75, 3.05) is 0 Å². The molecule has 2 nitrogen and oxygen atoms in total. The van der Waals surface area contributed by atoms with Crippen LogP contribution in [0, 0.1) is 5.41 Å². The van der Waals surface area contributed by atoms with Gasteiger partial charge in [0.05, 0.1) is 6.42 Å². The lowest BCUT2D eigenvalue weighted by Crippen LogP contribution is -2.29. The number of hydrogen-bond acceptors (Lipinski definition) is 1. The highest BCUT2D eigenvalue weighted by atomic mass is 19.4. The van der Waals surface area contributed by atoms with Crippen LogP contribution in [-0.4, -0.2) is 16.5 Å². The second-order valence-corrected chi connectivity index (χ2v) is 6.19. The summed E-state index contributed by atoms with van der Waals surface area (Å²) in [6, 6.07) is 0.977. The fourth-order valence-corrected chi connectivity index (χ4v) is 2.81. The number of aromatic nitrogens is 1. The van der Waals surface area contributed by atoms with Crippen molar-refractivity contribution in [3.8, 4) is 0 Å². The second kappa shape index (κ2) is 4.39. The fourth-order valence-electron chi connectivity index (χ4n) is 2.81. The largest absolute Gasteiger partial charge is 0.391 e. The van der Waals surface area contributed by atoms with Crippen LogP contribution in [0.2, 0.25) is 0 Å². The van der Waals surface area contributed by atoms with E-state index in [4.69, 9.17) is 0 Å². The Bertz CT molecular complexity index is 499. The van der Waals surface area contributed by atoms with Crippen LogP contribution >= 0.6 is 0 Å². The first-order valence-electron chi connectivity index (χ1n) is 6.39. The van der Waals surface area contributed by atoms with E-state index in [2.05, 4.69) is 0 Å². The Balaban J connectivity index is 2.33. The standard InChI is InChI=1S/C14H18F3NO/c1-9(6-14(15,16)17)18-5-4-10-11(18)7-13(2,3)8-12(10)19/h4-5,9H,6-8H2,1-3H3. The van der Waals surface area contributed by atoms with E-state index in [9.17, 15) is 18.0 Å². The molecule has 0 aromatic carbocycles. The van der Waals surface area contributed by atoms with E-state index < -0.39 is 18.6 Å². The quantitative estimate of drug-likeness (QED) is 0.793. The van der Waals surface area contributed by atoms with Crippen molar-refractivity contribution in [2.45, 2.75) is 52.3 Å².